The molecule has 0 unspecified atom stereocenters. The first-order valence-corrected chi connectivity index (χ1v) is 5.71. The molecule has 17 heavy (non-hydrogen) atoms. The van der Waals surface area contributed by atoms with Crippen LogP contribution in [0.2, 0.25) is 10.0 Å². The van der Waals surface area contributed by atoms with E-state index in [9.17, 15) is 9.59 Å². The van der Waals surface area contributed by atoms with Gasteiger partial charge in [0.1, 0.15) is 0 Å². The first kappa shape index (κ1) is 12.2. The maximum Gasteiger partial charge on any atom is 0.333 e. The summed E-state index contributed by atoms with van der Waals surface area (Å²) in [4.78, 5) is 24.2. The minimum atomic E-state index is -0.456. The van der Waals surface area contributed by atoms with Crippen molar-refractivity contribution >= 4 is 40.8 Å². The van der Waals surface area contributed by atoms with Gasteiger partial charge in [-0.3, -0.25) is 4.79 Å². The van der Waals surface area contributed by atoms with Crippen LogP contribution in [0.15, 0.2) is 18.2 Å². The van der Waals surface area contributed by atoms with E-state index in [4.69, 9.17) is 23.2 Å². The summed E-state index contributed by atoms with van der Waals surface area (Å²) in [5.41, 5.74) is 0.504. The van der Waals surface area contributed by atoms with Crippen molar-refractivity contribution in [1.29, 1.82) is 0 Å². The van der Waals surface area contributed by atoms with Crippen LogP contribution in [0.1, 0.15) is 0 Å². The van der Waals surface area contributed by atoms with Crippen molar-refractivity contribution in [3.8, 4) is 0 Å². The molecule has 1 aromatic carbocycles. The van der Waals surface area contributed by atoms with Gasteiger partial charge in [-0.15, -0.1) is 0 Å². The van der Waals surface area contributed by atoms with Crippen LogP contribution in [0.5, 0.6) is 0 Å². The van der Waals surface area contributed by atoms with Crippen LogP contribution in [0.3, 0.4) is 0 Å². The Labute approximate surface area is 108 Å². The number of nitrogens with zero attached hydrogens (tertiary/aromatic N) is 1. The molecule has 1 aliphatic rings. The average Bonchev–Trinajstić information content (AvgIpc) is 2.70. The molecule has 1 heterocycles. The topological polar surface area (TPSA) is 66.0 Å². The molecule has 0 spiro atoms. The third-order valence-electron chi connectivity index (χ3n) is 2.35. The summed E-state index contributed by atoms with van der Waals surface area (Å²) in [6, 6.07) is 4.28. The van der Waals surface area contributed by atoms with Crippen molar-refractivity contribution in [3.63, 3.8) is 0 Å². The van der Waals surface area contributed by atoms with Gasteiger partial charge in [-0.25, -0.2) is 9.69 Å². The molecule has 0 radical (unpaired) electrons. The average molecular weight is 275 g/mol. The lowest BCUT2D eigenvalue weighted by Crippen LogP contribution is -2.82. The summed E-state index contributed by atoms with van der Waals surface area (Å²) in [6.07, 6.45) is 0. The Kier molecular flexibility index (Phi) is 3.51. The van der Waals surface area contributed by atoms with Crippen molar-refractivity contribution in [2.75, 3.05) is 18.5 Å². The molecule has 1 saturated heterocycles. The molecule has 5 nitrogen and oxygen atoms in total. The van der Waals surface area contributed by atoms with Gasteiger partial charge in [0.05, 0.1) is 10.0 Å². The smallest absolute Gasteiger partial charge is 0.321 e. The maximum atomic E-state index is 11.7. The summed E-state index contributed by atoms with van der Waals surface area (Å²) in [7, 11) is 0. The van der Waals surface area contributed by atoms with Gasteiger partial charge in [0.2, 0.25) is 0 Å². The van der Waals surface area contributed by atoms with Crippen molar-refractivity contribution in [1.82, 2.24) is 4.90 Å². The molecular weight excluding hydrogens is 265 g/mol. The molecule has 0 saturated carbocycles. The van der Waals surface area contributed by atoms with Crippen LogP contribution in [0.4, 0.5) is 10.5 Å². The molecule has 0 bridgehead atoms. The van der Waals surface area contributed by atoms with Crippen LogP contribution < -0.4 is 10.6 Å². The second kappa shape index (κ2) is 4.91. The lowest BCUT2D eigenvalue weighted by molar-refractivity contribution is -0.639. The van der Waals surface area contributed by atoms with E-state index in [1.165, 1.54) is 6.07 Å². The lowest BCUT2D eigenvalue weighted by atomic mass is 10.3. The Morgan fingerprint density at radius 1 is 1.35 bits per heavy atom. The molecule has 3 N–H and O–H groups in total. The second-order valence-corrected chi connectivity index (χ2v) is 4.37. The van der Waals surface area contributed by atoms with Gasteiger partial charge in [0, 0.05) is 5.69 Å². The highest BCUT2D eigenvalue weighted by Crippen LogP contribution is 2.25. The number of hydrogen-bond acceptors (Lipinski definition) is 2. The molecular formula is C10H10Cl2N3O2+. The summed E-state index contributed by atoms with van der Waals surface area (Å²) >= 11 is 11.6. The number of anilines is 1. The standard InChI is InChI=1S/C10H9Cl2N3O2/c11-7-2-1-6(3-8(7)12)14-10(17)15-5-13-4-9(15)16/h1-3,13H,4-5H2,(H,14,17)/p+1. The van der Waals surface area contributed by atoms with Gasteiger partial charge in [-0.05, 0) is 18.2 Å². The van der Waals surface area contributed by atoms with E-state index in [-0.39, 0.29) is 5.91 Å². The maximum absolute atomic E-state index is 11.7. The fourth-order valence-electron chi connectivity index (χ4n) is 1.49. The Morgan fingerprint density at radius 2 is 2.12 bits per heavy atom. The van der Waals surface area contributed by atoms with Crippen LogP contribution in [-0.4, -0.2) is 30.1 Å². The normalized spacial score (nSPS) is 15.2. The van der Waals surface area contributed by atoms with E-state index in [2.05, 4.69) is 5.32 Å². The van der Waals surface area contributed by atoms with Crippen LogP contribution in [-0.2, 0) is 4.79 Å². The second-order valence-electron chi connectivity index (χ2n) is 3.56. The summed E-state index contributed by atoms with van der Waals surface area (Å²) < 4.78 is 0. The van der Waals surface area contributed by atoms with Gasteiger partial charge in [0.15, 0.2) is 13.2 Å². The minimum absolute atomic E-state index is 0.206. The highest BCUT2D eigenvalue weighted by atomic mass is 35.5. The first-order chi connectivity index (χ1) is 8.08. The zero-order valence-electron chi connectivity index (χ0n) is 8.74. The van der Waals surface area contributed by atoms with Gasteiger partial charge < -0.3 is 10.6 Å². The van der Waals surface area contributed by atoms with Crippen LogP contribution in [0.25, 0.3) is 0 Å². The third kappa shape index (κ3) is 2.69. The van der Waals surface area contributed by atoms with Crippen molar-refractivity contribution in [3.05, 3.63) is 28.2 Å². The number of nitrogens with one attached hydrogen (secondary N) is 1. The lowest BCUT2D eigenvalue weighted by Gasteiger charge is -2.12. The highest BCUT2D eigenvalue weighted by molar-refractivity contribution is 6.42. The number of carbonyl (C=O) groups is 2. The van der Waals surface area contributed by atoms with Crippen LogP contribution in [0, 0.1) is 0 Å². The van der Waals surface area contributed by atoms with E-state index < -0.39 is 6.03 Å². The number of quaternary nitrogens is 1. The van der Waals surface area contributed by atoms with Crippen molar-refractivity contribution < 1.29 is 14.9 Å². The van der Waals surface area contributed by atoms with Gasteiger partial charge in [-0.2, -0.15) is 0 Å². The Bertz CT molecular complexity index is 479. The quantitative estimate of drug-likeness (QED) is 0.799. The Balaban J connectivity index is 2.07. The molecule has 0 atom stereocenters. The molecule has 90 valence electrons. The molecule has 0 aliphatic carbocycles. The number of carbonyl (C=O) groups excluding carboxylic acids is 2. The molecule has 1 aliphatic heterocycles. The van der Waals surface area contributed by atoms with E-state index in [0.717, 1.165) is 4.90 Å². The fraction of sp³-hybridized carbons (Fsp3) is 0.200. The minimum Gasteiger partial charge on any atom is -0.321 e. The third-order valence-corrected chi connectivity index (χ3v) is 3.09. The predicted octanol–water partition coefficient (Wildman–Crippen LogP) is 0.888. The number of halogens is 2. The summed E-state index contributed by atoms with van der Waals surface area (Å²) in [6.45, 7) is 0.640. The highest BCUT2D eigenvalue weighted by Gasteiger charge is 2.29. The Hall–Kier alpha value is -1.30. The number of urea groups is 1. The van der Waals surface area contributed by atoms with Crippen LogP contribution >= 0.6 is 23.2 Å². The number of hydrogen-bond donors (Lipinski definition) is 2. The number of rotatable bonds is 1. The summed E-state index contributed by atoms with van der Waals surface area (Å²) in [5.74, 6) is -0.206. The van der Waals surface area contributed by atoms with E-state index in [1.807, 2.05) is 0 Å². The molecule has 2 rings (SSSR count). The molecule has 1 aromatic rings. The van der Waals surface area contributed by atoms with Gasteiger partial charge in [-0.1, -0.05) is 23.2 Å². The largest absolute Gasteiger partial charge is 0.333 e. The van der Waals surface area contributed by atoms with E-state index in [0.29, 0.717) is 28.9 Å². The zero-order valence-corrected chi connectivity index (χ0v) is 10.3. The zero-order chi connectivity index (χ0) is 12.4. The summed E-state index contributed by atoms with van der Waals surface area (Å²) in [5, 5.41) is 5.10. The van der Waals surface area contributed by atoms with Gasteiger partial charge >= 0.3 is 6.03 Å². The number of imide groups is 1. The first-order valence-electron chi connectivity index (χ1n) is 4.96. The molecule has 7 heteroatoms. The monoisotopic (exact) mass is 274 g/mol. The number of benzene rings is 1. The molecule has 0 aromatic heterocycles. The molecule has 1 fully saturated rings. The Morgan fingerprint density at radius 3 is 2.71 bits per heavy atom. The predicted molar refractivity (Wildman–Crippen MR) is 64.0 cm³/mol. The van der Waals surface area contributed by atoms with E-state index >= 15 is 0 Å². The van der Waals surface area contributed by atoms with E-state index in [1.54, 1.807) is 17.4 Å². The fourth-order valence-corrected chi connectivity index (χ4v) is 1.79. The SMILES string of the molecule is O=C1C[NH2+]CN1C(=O)Nc1ccc(Cl)c(Cl)c1. The number of nitrogens with two attached hydrogens (primary N) is 1. The number of amides is 3. The van der Waals surface area contributed by atoms with Crippen molar-refractivity contribution in [2.24, 2.45) is 0 Å². The van der Waals surface area contributed by atoms with Crippen molar-refractivity contribution in [2.45, 2.75) is 0 Å². The van der Waals surface area contributed by atoms with Gasteiger partial charge in [0.25, 0.3) is 5.91 Å². The molecule has 3 amide bonds.